The molecule has 0 fully saturated rings. The lowest BCUT2D eigenvalue weighted by Gasteiger charge is -2.25. The second-order valence-electron chi connectivity index (χ2n) is 4.75. The third-order valence-electron chi connectivity index (χ3n) is 2.23. The molecule has 0 aliphatic rings. The Kier molecular flexibility index (Phi) is 4.05. The molecule has 86 valence electrons. The molecule has 1 rings (SSSR count). The Labute approximate surface area is 96.9 Å². The van der Waals surface area contributed by atoms with Gasteiger partial charge in [-0.15, -0.1) is 0 Å². The molecule has 0 spiro atoms. The van der Waals surface area contributed by atoms with Crippen LogP contribution in [0.2, 0.25) is 0 Å². The van der Waals surface area contributed by atoms with E-state index in [4.69, 9.17) is 5.26 Å². The Balaban J connectivity index is 2.70. The predicted molar refractivity (Wildman–Crippen MR) is 63.8 cm³/mol. The van der Waals surface area contributed by atoms with Gasteiger partial charge in [-0.1, -0.05) is 18.2 Å². The van der Waals surface area contributed by atoms with Crippen molar-refractivity contribution in [1.29, 1.82) is 5.26 Å². The van der Waals surface area contributed by atoms with Gasteiger partial charge < -0.3 is 5.11 Å². The summed E-state index contributed by atoms with van der Waals surface area (Å²) in [4.78, 5) is 2.01. The largest absolute Gasteiger partial charge is 0.389 e. The van der Waals surface area contributed by atoms with Crippen LogP contribution in [0, 0.1) is 11.3 Å². The molecular formula is C13H18N2O. The first-order chi connectivity index (χ1) is 7.42. The third-order valence-corrected chi connectivity index (χ3v) is 2.23. The number of hydrogen-bond donors (Lipinski definition) is 1. The van der Waals surface area contributed by atoms with E-state index in [2.05, 4.69) is 6.07 Å². The van der Waals surface area contributed by atoms with E-state index in [-0.39, 0.29) is 0 Å². The van der Waals surface area contributed by atoms with Crippen molar-refractivity contribution in [3.05, 3.63) is 35.4 Å². The molecule has 0 bridgehead atoms. The molecule has 0 aliphatic carbocycles. The molecule has 1 N–H and O–H groups in total. The first kappa shape index (κ1) is 12.7. The second-order valence-corrected chi connectivity index (χ2v) is 4.75. The third kappa shape index (κ3) is 4.01. The van der Waals surface area contributed by atoms with Crippen molar-refractivity contribution in [3.8, 4) is 6.07 Å². The van der Waals surface area contributed by atoms with E-state index in [0.29, 0.717) is 18.7 Å². The Morgan fingerprint density at radius 3 is 2.56 bits per heavy atom. The number of benzene rings is 1. The van der Waals surface area contributed by atoms with Crippen LogP contribution < -0.4 is 0 Å². The summed E-state index contributed by atoms with van der Waals surface area (Å²) in [7, 11) is 1.94. The van der Waals surface area contributed by atoms with Gasteiger partial charge in [0.25, 0.3) is 0 Å². The van der Waals surface area contributed by atoms with Crippen LogP contribution in [0.15, 0.2) is 24.3 Å². The average molecular weight is 218 g/mol. The minimum Gasteiger partial charge on any atom is -0.389 e. The number of aliphatic hydroxyl groups is 1. The molecule has 3 heteroatoms. The lowest BCUT2D eigenvalue weighted by molar-refractivity contribution is 0.0424. The summed E-state index contributed by atoms with van der Waals surface area (Å²) in [5.41, 5.74) is 0.984. The van der Waals surface area contributed by atoms with E-state index in [1.54, 1.807) is 13.8 Å². The van der Waals surface area contributed by atoms with Crippen LogP contribution in [0.1, 0.15) is 25.0 Å². The highest BCUT2D eigenvalue weighted by atomic mass is 16.3. The normalized spacial score (nSPS) is 11.5. The molecule has 0 saturated heterocycles. The Morgan fingerprint density at radius 2 is 2.00 bits per heavy atom. The summed E-state index contributed by atoms with van der Waals surface area (Å²) in [6.07, 6.45) is 0. The van der Waals surface area contributed by atoms with Crippen molar-refractivity contribution in [2.45, 2.75) is 26.0 Å². The maximum Gasteiger partial charge on any atom is 0.0995 e. The van der Waals surface area contributed by atoms with Gasteiger partial charge in [0, 0.05) is 13.1 Å². The van der Waals surface area contributed by atoms with Crippen LogP contribution in [0.4, 0.5) is 0 Å². The minimum absolute atomic E-state index is 0.576. The highest BCUT2D eigenvalue weighted by molar-refractivity contribution is 5.37. The highest BCUT2D eigenvalue weighted by Crippen LogP contribution is 2.12. The van der Waals surface area contributed by atoms with Gasteiger partial charge in [0.15, 0.2) is 0 Å². The monoisotopic (exact) mass is 218 g/mol. The van der Waals surface area contributed by atoms with Gasteiger partial charge in [0.2, 0.25) is 0 Å². The Hall–Kier alpha value is -1.37. The summed E-state index contributed by atoms with van der Waals surface area (Å²) < 4.78 is 0. The molecule has 0 saturated carbocycles. The van der Waals surface area contributed by atoms with Crippen molar-refractivity contribution in [2.24, 2.45) is 0 Å². The van der Waals surface area contributed by atoms with E-state index >= 15 is 0 Å². The number of nitrogens with zero attached hydrogens (tertiary/aromatic N) is 2. The molecule has 3 nitrogen and oxygen atoms in total. The fraction of sp³-hybridized carbons (Fsp3) is 0.462. The summed E-state index contributed by atoms with van der Waals surface area (Å²) in [5.74, 6) is 0. The molecule has 16 heavy (non-hydrogen) atoms. The lowest BCUT2D eigenvalue weighted by atomic mass is 10.1. The summed E-state index contributed by atoms with van der Waals surface area (Å²) >= 11 is 0. The lowest BCUT2D eigenvalue weighted by Crippen LogP contribution is -2.35. The fourth-order valence-corrected chi connectivity index (χ4v) is 1.77. The maximum absolute atomic E-state index is 9.69. The van der Waals surface area contributed by atoms with E-state index in [9.17, 15) is 5.11 Å². The van der Waals surface area contributed by atoms with Crippen LogP contribution >= 0.6 is 0 Å². The van der Waals surface area contributed by atoms with Crippen molar-refractivity contribution in [1.82, 2.24) is 4.90 Å². The summed E-state index contributed by atoms with van der Waals surface area (Å²) in [5, 5.41) is 18.6. The SMILES string of the molecule is CN(Cc1ccccc1C#N)CC(C)(C)O. The molecule has 1 aromatic carbocycles. The van der Waals surface area contributed by atoms with Gasteiger partial charge in [0.05, 0.1) is 17.2 Å². The van der Waals surface area contributed by atoms with Gasteiger partial charge in [-0.05, 0) is 32.5 Å². The Bertz CT molecular complexity index is 388. The highest BCUT2D eigenvalue weighted by Gasteiger charge is 2.16. The van der Waals surface area contributed by atoms with E-state index in [1.807, 2.05) is 36.2 Å². The van der Waals surface area contributed by atoms with Crippen molar-refractivity contribution in [2.75, 3.05) is 13.6 Å². The molecule has 0 radical (unpaired) electrons. The summed E-state index contributed by atoms with van der Waals surface area (Å²) in [6, 6.07) is 9.72. The fourth-order valence-electron chi connectivity index (χ4n) is 1.77. The number of nitriles is 1. The van der Waals surface area contributed by atoms with Gasteiger partial charge in [-0.2, -0.15) is 5.26 Å². The standard InChI is InChI=1S/C13H18N2O/c1-13(2,16)10-15(3)9-12-7-5-4-6-11(12)8-14/h4-7,16H,9-10H2,1-3H3. The molecule has 0 amide bonds. The molecule has 0 aromatic heterocycles. The van der Waals surface area contributed by atoms with Crippen LogP contribution in [-0.4, -0.2) is 29.2 Å². The maximum atomic E-state index is 9.69. The predicted octanol–water partition coefficient (Wildman–Crippen LogP) is 1.76. The van der Waals surface area contributed by atoms with Crippen LogP contribution in [0.25, 0.3) is 0 Å². The average Bonchev–Trinajstić information content (AvgIpc) is 2.15. The molecule has 0 unspecified atom stereocenters. The zero-order chi connectivity index (χ0) is 12.2. The molecule has 0 aliphatic heterocycles. The van der Waals surface area contributed by atoms with Crippen LogP contribution in [-0.2, 0) is 6.54 Å². The van der Waals surface area contributed by atoms with Crippen LogP contribution in [0.5, 0.6) is 0 Å². The van der Waals surface area contributed by atoms with Crippen LogP contribution in [0.3, 0.4) is 0 Å². The number of hydrogen-bond acceptors (Lipinski definition) is 3. The first-order valence-electron chi connectivity index (χ1n) is 5.31. The number of likely N-dealkylation sites (N-methyl/N-ethyl adjacent to an activating group) is 1. The van der Waals surface area contributed by atoms with Crippen molar-refractivity contribution >= 4 is 0 Å². The summed E-state index contributed by atoms with van der Waals surface area (Å²) in [6.45, 7) is 4.81. The Morgan fingerprint density at radius 1 is 1.38 bits per heavy atom. The molecule has 1 aromatic rings. The molecule has 0 atom stereocenters. The topological polar surface area (TPSA) is 47.3 Å². The zero-order valence-corrected chi connectivity index (χ0v) is 10.1. The quantitative estimate of drug-likeness (QED) is 0.837. The zero-order valence-electron chi connectivity index (χ0n) is 10.1. The van der Waals surface area contributed by atoms with Gasteiger partial charge in [0.1, 0.15) is 0 Å². The van der Waals surface area contributed by atoms with E-state index in [0.717, 1.165) is 5.56 Å². The minimum atomic E-state index is -0.712. The van der Waals surface area contributed by atoms with E-state index < -0.39 is 5.60 Å². The molecule has 0 heterocycles. The van der Waals surface area contributed by atoms with Crippen molar-refractivity contribution < 1.29 is 5.11 Å². The first-order valence-corrected chi connectivity index (χ1v) is 5.31. The number of rotatable bonds is 4. The van der Waals surface area contributed by atoms with Gasteiger partial charge in [-0.3, -0.25) is 4.90 Å². The molecular weight excluding hydrogens is 200 g/mol. The van der Waals surface area contributed by atoms with Gasteiger partial charge >= 0.3 is 0 Å². The van der Waals surface area contributed by atoms with E-state index in [1.165, 1.54) is 0 Å². The van der Waals surface area contributed by atoms with Gasteiger partial charge in [-0.25, -0.2) is 0 Å². The van der Waals surface area contributed by atoms with Crippen molar-refractivity contribution in [3.63, 3.8) is 0 Å². The second kappa shape index (κ2) is 5.11. The smallest absolute Gasteiger partial charge is 0.0995 e.